The van der Waals surface area contributed by atoms with Crippen molar-refractivity contribution in [3.05, 3.63) is 64.1 Å². The van der Waals surface area contributed by atoms with Crippen LogP contribution < -0.4 is 4.74 Å². The van der Waals surface area contributed by atoms with E-state index in [1.807, 2.05) is 48.5 Å². The van der Waals surface area contributed by atoms with E-state index < -0.39 is 11.9 Å². The third-order valence-electron chi connectivity index (χ3n) is 3.38. The molecule has 0 aliphatic heterocycles. The second kappa shape index (κ2) is 7.27. The van der Waals surface area contributed by atoms with Crippen molar-refractivity contribution in [1.29, 1.82) is 0 Å². The molecular weight excluding hydrogens is 332 g/mol. The van der Waals surface area contributed by atoms with E-state index in [1.54, 1.807) is 7.11 Å². The van der Waals surface area contributed by atoms with E-state index >= 15 is 0 Å². The van der Waals surface area contributed by atoms with Crippen molar-refractivity contribution in [3.8, 4) is 5.75 Å². The number of hydrogen-bond donors (Lipinski definition) is 1. The Balaban J connectivity index is 2.18. The van der Waals surface area contributed by atoms with Crippen molar-refractivity contribution in [2.24, 2.45) is 5.92 Å². The van der Waals surface area contributed by atoms with E-state index in [0.29, 0.717) is 12.8 Å². The molecule has 110 valence electrons. The zero-order valence-electron chi connectivity index (χ0n) is 11.8. The van der Waals surface area contributed by atoms with Crippen molar-refractivity contribution >= 4 is 21.9 Å². The summed E-state index contributed by atoms with van der Waals surface area (Å²) in [6.45, 7) is 0. The Labute approximate surface area is 132 Å². The zero-order chi connectivity index (χ0) is 15.2. The van der Waals surface area contributed by atoms with Crippen LogP contribution in [0.2, 0.25) is 0 Å². The first-order chi connectivity index (χ1) is 10.1. The standard InChI is InChI=1S/C17H17BrO3/c1-21-16-8-3-2-6-13(16)11-14(17(19)20)9-12-5-4-7-15(18)10-12/h2-8,10,14H,9,11H2,1H3,(H,19,20). The number of hydrogen-bond acceptors (Lipinski definition) is 2. The maximum atomic E-state index is 11.5. The fourth-order valence-corrected chi connectivity index (χ4v) is 2.78. The van der Waals surface area contributed by atoms with Crippen LogP contribution in [-0.4, -0.2) is 18.2 Å². The lowest BCUT2D eigenvalue weighted by atomic mass is 9.92. The van der Waals surface area contributed by atoms with Crippen LogP contribution in [0.5, 0.6) is 5.75 Å². The van der Waals surface area contributed by atoms with Gasteiger partial charge in [0.2, 0.25) is 0 Å². The monoisotopic (exact) mass is 348 g/mol. The number of carbonyl (C=O) groups is 1. The molecule has 0 heterocycles. The van der Waals surface area contributed by atoms with Crippen molar-refractivity contribution in [3.63, 3.8) is 0 Å². The van der Waals surface area contributed by atoms with E-state index in [1.165, 1.54) is 0 Å². The highest BCUT2D eigenvalue weighted by Gasteiger charge is 2.20. The molecular formula is C17H17BrO3. The average Bonchev–Trinajstić information content (AvgIpc) is 2.47. The average molecular weight is 349 g/mol. The number of carboxylic acid groups (broad SMARTS) is 1. The van der Waals surface area contributed by atoms with Gasteiger partial charge in [0.15, 0.2) is 0 Å². The molecule has 0 aliphatic rings. The number of aliphatic carboxylic acids is 1. The Morgan fingerprint density at radius 3 is 2.62 bits per heavy atom. The molecule has 0 aromatic heterocycles. The summed E-state index contributed by atoms with van der Waals surface area (Å²) >= 11 is 3.41. The highest BCUT2D eigenvalue weighted by Crippen LogP contribution is 2.24. The van der Waals surface area contributed by atoms with Crippen molar-refractivity contribution in [2.45, 2.75) is 12.8 Å². The predicted molar refractivity (Wildman–Crippen MR) is 85.7 cm³/mol. The predicted octanol–water partition coefficient (Wildman–Crippen LogP) is 3.94. The third-order valence-corrected chi connectivity index (χ3v) is 3.87. The Hall–Kier alpha value is -1.81. The van der Waals surface area contributed by atoms with Crippen molar-refractivity contribution < 1.29 is 14.6 Å². The van der Waals surface area contributed by atoms with Crippen molar-refractivity contribution in [2.75, 3.05) is 7.11 Å². The van der Waals surface area contributed by atoms with Crippen LogP contribution in [-0.2, 0) is 17.6 Å². The molecule has 2 aromatic rings. The number of ether oxygens (including phenoxy) is 1. The molecule has 0 saturated carbocycles. The molecule has 3 nitrogen and oxygen atoms in total. The largest absolute Gasteiger partial charge is 0.496 e. The van der Waals surface area contributed by atoms with E-state index in [4.69, 9.17) is 4.74 Å². The number of halogens is 1. The maximum Gasteiger partial charge on any atom is 0.307 e. The molecule has 2 aromatic carbocycles. The van der Waals surface area contributed by atoms with Gasteiger partial charge in [-0.2, -0.15) is 0 Å². The van der Waals surface area contributed by atoms with Crippen LogP contribution in [0.3, 0.4) is 0 Å². The first-order valence-electron chi connectivity index (χ1n) is 6.69. The molecule has 0 radical (unpaired) electrons. The summed E-state index contributed by atoms with van der Waals surface area (Å²) in [5.74, 6) is -0.533. The molecule has 0 aliphatic carbocycles. The highest BCUT2D eigenvalue weighted by atomic mass is 79.9. The van der Waals surface area contributed by atoms with Gasteiger partial charge in [-0.1, -0.05) is 46.3 Å². The fraction of sp³-hybridized carbons (Fsp3) is 0.235. The minimum atomic E-state index is -0.791. The lowest BCUT2D eigenvalue weighted by Crippen LogP contribution is -2.19. The van der Waals surface area contributed by atoms with E-state index in [0.717, 1.165) is 21.3 Å². The number of carboxylic acids is 1. The van der Waals surface area contributed by atoms with Crippen LogP contribution in [0.15, 0.2) is 53.0 Å². The van der Waals surface area contributed by atoms with Gasteiger partial charge in [-0.15, -0.1) is 0 Å². The smallest absolute Gasteiger partial charge is 0.307 e. The molecule has 0 fully saturated rings. The molecule has 0 saturated heterocycles. The lowest BCUT2D eigenvalue weighted by molar-refractivity contribution is -0.141. The summed E-state index contributed by atoms with van der Waals surface area (Å²) in [5.41, 5.74) is 1.93. The first-order valence-corrected chi connectivity index (χ1v) is 7.48. The molecule has 2 rings (SSSR count). The number of benzene rings is 2. The topological polar surface area (TPSA) is 46.5 Å². The Kier molecular flexibility index (Phi) is 5.39. The van der Waals surface area contributed by atoms with Gasteiger partial charge < -0.3 is 9.84 Å². The number of para-hydroxylation sites is 1. The van der Waals surface area contributed by atoms with E-state index in [9.17, 15) is 9.90 Å². The van der Waals surface area contributed by atoms with Gasteiger partial charge in [-0.05, 0) is 42.2 Å². The van der Waals surface area contributed by atoms with Gasteiger partial charge in [-0.25, -0.2) is 0 Å². The molecule has 1 N–H and O–H groups in total. The summed E-state index contributed by atoms with van der Waals surface area (Å²) in [4.78, 5) is 11.5. The lowest BCUT2D eigenvalue weighted by Gasteiger charge is -2.15. The fourth-order valence-electron chi connectivity index (χ4n) is 2.33. The van der Waals surface area contributed by atoms with Crippen LogP contribution in [0.1, 0.15) is 11.1 Å². The van der Waals surface area contributed by atoms with Gasteiger partial charge in [0.25, 0.3) is 0 Å². The van der Waals surface area contributed by atoms with Crippen LogP contribution in [0.25, 0.3) is 0 Å². The summed E-state index contributed by atoms with van der Waals surface area (Å²) in [6, 6.07) is 15.3. The second-order valence-corrected chi connectivity index (χ2v) is 5.80. The second-order valence-electron chi connectivity index (χ2n) is 4.89. The molecule has 21 heavy (non-hydrogen) atoms. The zero-order valence-corrected chi connectivity index (χ0v) is 13.3. The van der Waals surface area contributed by atoms with Gasteiger partial charge in [0.05, 0.1) is 13.0 Å². The third kappa shape index (κ3) is 4.33. The van der Waals surface area contributed by atoms with Gasteiger partial charge in [-0.3, -0.25) is 4.79 Å². The van der Waals surface area contributed by atoms with E-state index in [-0.39, 0.29) is 0 Å². The normalized spacial score (nSPS) is 11.9. The molecule has 0 bridgehead atoms. The van der Waals surface area contributed by atoms with Gasteiger partial charge in [0, 0.05) is 4.47 Å². The summed E-state index contributed by atoms with van der Waals surface area (Å²) in [5, 5.41) is 9.48. The summed E-state index contributed by atoms with van der Waals surface area (Å²) in [7, 11) is 1.60. The van der Waals surface area contributed by atoms with Crippen LogP contribution in [0, 0.1) is 5.92 Å². The van der Waals surface area contributed by atoms with Crippen LogP contribution in [0.4, 0.5) is 0 Å². The number of methoxy groups -OCH3 is 1. The number of rotatable bonds is 6. The summed E-state index contributed by atoms with van der Waals surface area (Å²) < 4.78 is 6.25. The minimum Gasteiger partial charge on any atom is -0.496 e. The Bertz CT molecular complexity index is 625. The maximum absolute atomic E-state index is 11.5. The van der Waals surface area contributed by atoms with Crippen LogP contribution >= 0.6 is 15.9 Å². The Morgan fingerprint density at radius 1 is 1.19 bits per heavy atom. The van der Waals surface area contributed by atoms with Gasteiger partial charge >= 0.3 is 5.97 Å². The first kappa shape index (κ1) is 15.6. The highest BCUT2D eigenvalue weighted by molar-refractivity contribution is 9.10. The minimum absolute atomic E-state index is 0.450. The van der Waals surface area contributed by atoms with Crippen molar-refractivity contribution in [1.82, 2.24) is 0 Å². The van der Waals surface area contributed by atoms with E-state index in [2.05, 4.69) is 15.9 Å². The molecule has 0 spiro atoms. The SMILES string of the molecule is COc1ccccc1CC(Cc1cccc(Br)c1)C(=O)O. The molecule has 1 atom stereocenters. The Morgan fingerprint density at radius 2 is 1.95 bits per heavy atom. The molecule has 0 amide bonds. The quantitative estimate of drug-likeness (QED) is 0.859. The molecule has 4 heteroatoms. The summed E-state index contributed by atoms with van der Waals surface area (Å²) in [6.07, 6.45) is 0.943. The molecule has 1 unspecified atom stereocenters. The van der Waals surface area contributed by atoms with Gasteiger partial charge in [0.1, 0.15) is 5.75 Å².